The maximum absolute atomic E-state index is 9.30. The van der Waals surface area contributed by atoms with Gasteiger partial charge in [0.25, 0.3) is 0 Å². The lowest BCUT2D eigenvalue weighted by atomic mass is 9.87. The molecule has 0 aliphatic carbocycles. The molecule has 0 aliphatic rings. The molecule has 0 aliphatic heterocycles. The second kappa shape index (κ2) is 12.7. The van der Waals surface area contributed by atoms with Crippen LogP contribution in [0.1, 0.15) is 79.7 Å². The number of hydrogen-bond acceptors (Lipinski definition) is 3. The molecule has 0 spiro atoms. The van der Waals surface area contributed by atoms with Crippen molar-refractivity contribution in [3.05, 3.63) is 144 Å². The highest BCUT2D eigenvalue weighted by Crippen LogP contribution is 2.45. The van der Waals surface area contributed by atoms with Crippen molar-refractivity contribution in [3.63, 3.8) is 0 Å². The number of para-hydroxylation sites is 2. The summed E-state index contributed by atoms with van der Waals surface area (Å²) < 4.78 is 34.2. The Morgan fingerprint density at radius 3 is 2.00 bits per heavy atom. The molecule has 4 heteroatoms. The lowest BCUT2D eigenvalue weighted by Gasteiger charge is -2.25. The van der Waals surface area contributed by atoms with E-state index in [0.29, 0.717) is 5.56 Å². The standard InChI is InChI=1S/C52H46N2O2/c1-30(2)39-25-35(33-14-9-8-10-15-33)26-40(31(3)4)48(39)54-49-41-24-32(29-52(5,6)7)20-21-34(41)22-23-44(49)53-51(54)38-18-13-17-37-43-28-46-42(27-47(43)56-50(37)38)36-16-11-12-19-45(36)55-46/h8-28,30-31H,29H2,1-7H3/i29D2. The summed E-state index contributed by atoms with van der Waals surface area (Å²) >= 11 is 0. The van der Waals surface area contributed by atoms with E-state index in [-0.39, 0.29) is 11.8 Å². The van der Waals surface area contributed by atoms with Gasteiger partial charge in [-0.3, -0.25) is 4.57 Å². The number of rotatable bonds is 6. The Morgan fingerprint density at radius 1 is 0.607 bits per heavy atom. The maximum Gasteiger partial charge on any atom is 0.149 e. The van der Waals surface area contributed by atoms with E-state index in [1.165, 1.54) is 22.3 Å². The molecule has 0 saturated heterocycles. The van der Waals surface area contributed by atoms with Crippen molar-refractivity contribution >= 4 is 65.7 Å². The molecule has 10 rings (SSSR count). The molecule has 3 aromatic heterocycles. The van der Waals surface area contributed by atoms with E-state index in [1.54, 1.807) is 0 Å². The summed E-state index contributed by atoms with van der Waals surface area (Å²) in [6, 6.07) is 44.3. The molecular formula is C52H46N2O2. The average Bonchev–Trinajstić information content (AvgIpc) is 3.90. The van der Waals surface area contributed by atoms with Crippen LogP contribution in [0.15, 0.2) is 136 Å². The molecule has 4 nitrogen and oxygen atoms in total. The molecule has 0 radical (unpaired) electrons. The van der Waals surface area contributed by atoms with Crippen LogP contribution in [0.3, 0.4) is 0 Å². The summed E-state index contributed by atoms with van der Waals surface area (Å²) in [5.41, 5.74) is 11.8. The summed E-state index contributed by atoms with van der Waals surface area (Å²) in [6.07, 6.45) is -1.58. The number of aromatic nitrogens is 2. The van der Waals surface area contributed by atoms with Gasteiger partial charge in [0, 0.05) is 29.7 Å². The van der Waals surface area contributed by atoms with E-state index in [1.807, 2.05) is 45.0 Å². The van der Waals surface area contributed by atoms with Crippen molar-refractivity contribution < 1.29 is 11.6 Å². The van der Waals surface area contributed by atoms with E-state index in [4.69, 9.17) is 13.8 Å². The van der Waals surface area contributed by atoms with E-state index >= 15 is 0 Å². The minimum Gasteiger partial charge on any atom is -0.456 e. The van der Waals surface area contributed by atoms with Crippen LogP contribution in [0.2, 0.25) is 0 Å². The van der Waals surface area contributed by atoms with Gasteiger partial charge < -0.3 is 8.83 Å². The maximum atomic E-state index is 9.30. The fraction of sp³-hybridized carbons (Fsp3) is 0.212. The van der Waals surface area contributed by atoms with E-state index < -0.39 is 11.8 Å². The van der Waals surface area contributed by atoms with Crippen LogP contribution in [0.5, 0.6) is 0 Å². The normalized spacial score (nSPS) is 13.4. The van der Waals surface area contributed by atoms with Crippen LogP contribution < -0.4 is 0 Å². The molecule has 7 aromatic carbocycles. The second-order valence-corrected chi connectivity index (χ2v) is 16.9. The van der Waals surface area contributed by atoms with Crippen LogP contribution in [0.4, 0.5) is 0 Å². The van der Waals surface area contributed by atoms with Crippen LogP contribution in [0.25, 0.3) is 93.9 Å². The third kappa shape index (κ3) is 5.53. The first-order chi connectivity index (χ1) is 27.8. The van der Waals surface area contributed by atoms with Gasteiger partial charge in [0.15, 0.2) is 0 Å². The van der Waals surface area contributed by atoms with Crippen LogP contribution in [-0.2, 0) is 6.37 Å². The van der Waals surface area contributed by atoms with Crippen molar-refractivity contribution in [2.45, 2.75) is 66.7 Å². The van der Waals surface area contributed by atoms with Crippen molar-refractivity contribution in [1.29, 1.82) is 0 Å². The molecule has 0 fully saturated rings. The predicted molar refractivity (Wildman–Crippen MR) is 235 cm³/mol. The zero-order valence-electron chi connectivity index (χ0n) is 35.0. The first-order valence-corrected chi connectivity index (χ1v) is 19.8. The summed E-state index contributed by atoms with van der Waals surface area (Å²) in [6.45, 7) is 15.0. The van der Waals surface area contributed by atoms with Gasteiger partial charge in [0.2, 0.25) is 0 Å². The number of fused-ring (bicyclic) bond motifs is 9. The van der Waals surface area contributed by atoms with E-state index in [2.05, 4.69) is 135 Å². The Hall–Kier alpha value is -6.13. The van der Waals surface area contributed by atoms with Gasteiger partial charge in [0.05, 0.1) is 22.3 Å². The van der Waals surface area contributed by atoms with Crippen LogP contribution >= 0.6 is 0 Å². The van der Waals surface area contributed by atoms with Gasteiger partial charge in [-0.1, -0.05) is 127 Å². The van der Waals surface area contributed by atoms with Crippen LogP contribution in [0, 0.1) is 5.41 Å². The van der Waals surface area contributed by atoms with Gasteiger partial charge in [-0.2, -0.15) is 0 Å². The van der Waals surface area contributed by atoms with Crippen molar-refractivity contribution in [3.8, 4) is 28.2 Å². The van der Waals surface area contributed by atoms with Crippen molar-refractivity contribution in [2.75, 3.05) is 0 Å². The summed E-state index contributed by atoms with van der Waals surface area (Å²) in [4.78, 5) is 5.53. The number of hydrogen-bond donors (Lipinski definition) is 0. The number of benzene rings is 7. The third-order valence-electron chi connectivity index (χ3n) is 11.1. The molecular weight excluding hydrogens is 685 g/mol. The summed E-state index contributed by atoms with van der Waals surface area (Å²) in [5, 5.41) is 6.06. The van der Waals surface area contributed by atoms with Crippen LogP contribution in [-0.4, -0.2) is 9.55 Å². The van der Waals surface area contributed by atoms with Gasteiger partial charge in [0.1, 0.15) is 28.2 Å². The zero-order chi connectivity index (χ0) is 40.2. The highest BCUT2D eigenvalue weighted by atomic mass is 16.3. The first-order valence-electron chi connectivity index (χ1n) is 20.8. The van der Waals surface area contributed by atoms with Gasteiger partial charge in [-0.05, 0) is 105 Å². The Balaban J connectivity index is 1.34. The molecule has 276 valence electrons. The van der Waals surface area contributed by atoms with Crippen molar-refractivity contribution in [2.24, 2.45) is 5.41 Å². The third-order valence-corrected chi connectivity index (χ3v) is 11.1. The molecule has 0 N–H and O–H groups in total. The average molecular weight is 733 g/mol. The minimum atomic E-state index is -1.58. The summed E-state index contributed by atoms with van der Waals surface area (Å²) in [7, 11) is 0. The zero-order valence-corrected chi connectivity index (χ0v) is 33.0. The lowest BCUT2D eigenvalue weighted by molar-refractivity contribution is 0.411. The molecule has 56 heavy (non-hydrogen) atoms. The fourth-order valence-corrected chi connectivity index (χ4v) is 8.60. The number of nitrogens with zero attached hydrogens (tertiary/aromatic N) is 2. The fourth-order valence-electron chi connectivity index (χ4n) is 8.60. The molecule has 0 saturated carbocycles. The largest absolute Gasteiger partial charge is 0.456 e. The van der Waals surface area contributed by atoms with Gasteiger partial charge in [-0.25, -0.2) is 4.98 Å². The monoisotopic (exact) mass is 732 g/mol. The Labute approximate surface area is 330 Å². The summed E-state index contributed by atoms with van der Waals surface area (Å²) in [5.74, 6) is 1.13. The lowest BCUT2D eigenvalue weighted by Crippen LogP contribution is -2.10. The Kier molecular flexibility index (Phi) is 7.30. The van der Waals surface area contributed by atoms with Gasteiger partial charge >= 0.3 is 0 Å². The molecule has 10 aromatic rings. The Bertz CT molecular complexity index is 3220. The molecule has 0 unspecified atom stereocenters. The SMILES string of the molecule is [2H]C([2H])(c1ccc2ccc3nc(-c4cccc5c4oc4cc6c(cc45)oc4ccccc46)n(-c4c(C(C)C)cc(-c5ccccc5)cc4C(C)C)c3c2c1)C(C)(C)C. The highest BCUT2D eigenvalue weighted by molar-refractivity contribution is 6.17. The quantitative estimate of drug-likeness (QED) is 0.171. The molecule has 0 amide bonds. The topological polar surface area (TPSA) is 44.1 Å². The molecule has 3 heterocycles. The molecule has 0 bridgehead atoms. The van der Waals surface area contributed by atoms with Crippen molar-refractivity contribution in [1.82, 2.24) is 9.55 Å². The second-order valence-electron chi connectivity index (χ2n) is 16.9. The molecule has 0 atom stereocenters. The smallest absolute Gasteiger partial charge is 0.149 e. The highest BCUT2D eigenvalue weighted by Gasteiger charge is 2.27. The minimum absolute atomic E-state index is 0.175. The Morgan fingerprint density at radius 2 is 1.27 bits per heavy atom. The first kappa shape index (κ1) is 32.1. The predicted octanol–water partition coefficient (Wildman–Crippen LogP) is 15.1. The van der Waals surface area contributed by atoms with E-state index in [0.717, 1.165) is 82.8 Å². The number of furan rings is 2. The number of imidazole rings is 1. The van der Waals surface area contributed by atoms with Gasteiger partial charge in [-0.15, -0.1) is 0 Å². The van der Waals surface area contributed by atoms with E-state index in [9.17, 15) is 2.74 Å².